The first kappa shape index (κ1) is 15.7. The van der Waals surface area contributed by atoms with Crippen LogP contribution in [0.4, 0.5) is 0 Å². The van der Waals surface area contributed by atoms with Crippen LogP contribution < -0.4 is 5.32 Å². The molecule has 0 radical (unpaired) electrons. The fourth-order valence-corrected chi connectivity index (χ4v) is 2.89. The summed E-state index contributed by atoms with van der Waals surface area (Å²) in [7, 11) is -4.48. The van der Waals surface area contributed by atoms with Crippen LogP contribution in [0.3, 0.4) is 0 Å². The Hall–Kier alpha value is -0.650. The Kier molecular flexibility index (Phi) is 5.41. The highest BCUT2D eigenvalue weighted by Gasteiger charge is 2.23. The van der Waals surface area contributed by atoms with Crippen LogP contribution in [-0.4, -0.2) is 22.8 Å². The Morgan fingerprint density at radius 3 is 2.70 bits per heavy atom. The Morgan fingerprint density at radius 2 is 2.05 bits per heavy atom. The molecule has 2 rings (SSSR count). The van der Waals surface area contributed by atoms with Gasteiger partial charge in [-0.15, -0.1) is 0 Å². The maximum Gasteiger partial charge on any atom is 0.471 e. The van der Waals surface area contributed by atoms with Crippen molar-refractivity contribution < 1.29 is 23.6 Å². The van der Waals surface area contributed by atoms with Gasteiger partial charge in [0.25, 0.3) is 0 Å². The van der Waals surface area contributed by atoms with Crippen molar-refractivity contribution in [3.8, 4) is 0 Å². The molecule has 1 atom stereocenters. The number of ether oxygens (including phenoxy) is 1. The van der Waals surface area contributed by atoms with E-state index in [4.69, 9.17) is 14.5 Å². The van der Waals surface area contributed by atoms with Gasteiger partial charge in [-0.05, 0) is 43.4 Å². The van der Waals surface area contributed by atoms with Crippen LogP contribution in [0.2, 0.25) is 0 Å². The molecule has 0 spiro atoms. The number of rotatable bonds is 5. The maximum atomic E-state index is 10.6. The maximum absolute atomic E-state index is 10.6. The standard InChI is InChI=1S/C13H22NO5P/c1-10-7-12(11-5-3-2-4-6-11)14-13(8-10)18-9-19-20(15,16)17/h7-8,11,13-14H,2-6,9H2,1H3,(H2,15,16,17). The zero-order valence-electron chi connectivity index (χ0n) is 11.6. The van der Waals surface area contributed by atoms with Gasteiger partial charge in [0.2, 0.25) is 0 Å². The van der Waals surface area contributed by atoms with Crippen LogP contribution >= 0.6 is 7.82 Å². The highest BCUT2D eigenvalue weighted by molar-refractivity contribution is 7.46. The third kappa shape index (κ3) is 5.04. The van der Waals surface area contributed by atoms with Gasteiger partial charge in [-0.3, -0.25) is 4.52 Å². The average molecular weight is 303 g/mol. The van der Waals surface area contributed by atoms with E-state index in [9.17, 15) is 4.57 Å². The second kappa shape index (κ2) is 6.87. The van der Waals surface area contributed by atoms with Crippen LogP contribution in [0, 0.1) is 5.92 Å². The van der Waals surface area contributed by atoms with Gasteiger partial charge < -0.3 is 19.8 Å². The summed E-state index contributed by atoms with van der Waals surface area (Å²) >= 11 is 0. The molecule has 114 valence electrons. The summed E-state index contributed by atoms with van der Waals surface area (Å²) in [5.41, 5.74) is 2.25. The topological polar surface area (TPSA) is 88.0 Å². The summed E-state index contributed by atoms with van der Waals surface area (Å²) in [6, 6.07) is 0. The number of phosphoric ester groups is 1. The normalized spacial score (nSPS) is 24.9. The second-order valence-corrected chi connectivity index (χ2v) is 6.55. The minimum absolute atomic E-state index is 0.400. The Labute approximate surface area is 119 Å². The molecule has 0 amide bonds. The molecular formula is C13H22NO5P. The van der Waals surface area contributed by atoms with Crippen LogP contribution in [0.1, 0.15) is 39.0 Å². The van der Waals surface area contributed by atoms with Gasteiger partial charge in [-0.1, -0.05) is 19.3 Å². The molecule has 1 saturated carbocycles. The largest absolute Gasteiger partial charge is 0.471 e. The van der Waals surface area contributed by atoms with E-state index in [1.807, 2.05) is 13.0 Å². The van der Waals surface area contributed by atoms with Crippen molar-refractivity contribution in [1.29, 1.82) is 0 Å². The highest BCUT2D eigenvalue weighted by atomic mass is 31.2. The lowest BCUT2D eigenvalue weighted by Crippen LogP contribution is -2.35. The molecule has 20 heavy (non-hydrogen) atoms. The van der Waals surface area contributed by atoms with Crippen molar-refractivity contribution in [2.75, 3.05) is 6.79 Å². The molecule has 1 aliphatic carbocycles. The minimum Gasteiger partial charge on any atom is -0.360 e. The van der Waals surface area contributed by atoms with E-state index in [-0.39, 0.29) is 0 Å². The average Bonchev–Trinajstić information content (AvgIpc) is 2.37. The predicted octanol–water partition coefficient (Wildman–Crippen LogP) is 2.41. The van der Waals surface area contributed by atoms with Crippen molar-refractivity contribution in [2.24, 2.45) is 5.92 Å². The van der Waals surface area contributed by atoms with E-state index in [2.05, 4.69) is 15.9 Å². The molecule has 1 fully saturated rings. The van der Waals surface area contributed by atoms with Crippen molar-refractivity contribution in [3.05, 3.63) is 23.4 Å². The van der Waals surface area contributed by atoms with Gasteiger partial charge in [-0.25, -0.2) is 4.57 Å². The molecule has 0 saturated heterocycles. The number of dihydropyridines is 1. The number of nitrogens with one attached hydrogen (secondary N) is 1. The zero-order valence-corrected chi connectivity index (χ0v) is 12.5. The van der Waals surface area contributed by atoms with E-state index in [0.717, 1.165) is 11.3 Å². The molecule has 1 unspecified atom stereocenters. The van der Waals surface area contributed by atoms with Gasteiger partial charge in [0.05, 0.1) is 0 Å². The molecule has 0 aromatic carbocycles. The fourth-order valence-electron chi connectivity index (χ4n) is 2.69. The van der Waals surface area contributed by atoms with Gasteiger partial charge in [0, 0.05) is 5.70 Å². The lowest BCUT2D eigenvalue weighted by Gasteiger charge is -2.31. The zero-order chi connectivity index (χ0) is 14.6. The van der Waals surface area contributed by atoms with Crippen LogP contribution in [0.5, 0.6) is 0 Å². The molecule has 1 aliphatic heterocycles. The first-order chi connectivity index (χ1) is 9.44. The summed E-state index contributed by atoms with van der Waals surface area (Å²) in [5.74, 6) is 0.529. The quantitative estimate of drug-likeness (QED) is 0.534. The van der Waals surface area contributed by atoms with E-state index in [0.29, 0.717) is 5.92 Å². The molecule has 2 aliphatic rings. The van der Waals surface area contributed by atoms with E-state index in [1.54, 1.807) is 0 Å². The first-order valence-corrected chi connectivity index (χ1v) is 8.45. The van der Waals surface area contributed by atoms with Crippen molar-refractivity contribution in [3.63, 3.8) is 0 Å². The summed E-state index contributed by atoms with van der Waals surface area (Å²) in [4.78, 5) is 17.2. The molecule has 7 heteroatoms. The highest BCUT2D eigenvalue weighted by Crippen LogP contribution is 2.35. The SMILES string of the molecule is CC1=CC(OCOP(=O)(O)O)NC(C2CCCCC2)=C1. The fraction of sp³-hybridized carbons (Fsp3) is 0.692. The number of hydrogen-bond acceptors (Lipinski definition) is 4. The number of phosphoric acid groups is 1. The third-order valence-corrected chi connectivity index (χ3v) is 4.06. The lowest BCUT2D eigenvalue weighted by molar-refractivity contribution is -0.0391. The smallest absolute Gasteiger partial charge is 0.360 e. The van der Waals surface area contributed by atoms with Crippen LogP contribution in [-0.2, 0) is 13.8 Å². The molecule has 0 aromatic rings. The first-order valence-electron chi connectivity index (χ1n) is 6.92. The Bertz CT molecular complexity index is 436. The summed E-state index contributed by atoms with van der Waals surface area (Å²) in [6.07, 6.45) is 9.75. The third-order valence-electron chi connectivity index (χ3n) is 3.62. The number of hydrogen-bond donors (Lipinski definition) is 3. The van der Waals surface area contributed by atoms with Crippen LogP contribution in [0.15, 0.2) is 23.4 Å². The van der Waals surface area contributed by atoms with E-state index >= 15 is 0 Å². The molecule has 0 aromatic heterocycles. The molecular weight excluding hydrogens is 281 g/mol. The molecule has 3 N–H and O–H groups in total. The van der Waals surface area contributed by atoms with Crippen molar-refractivity contribution in [2.45, 2.75) is 45.3 Å². The molecule has 0 bridgehead atoms. The van der Waals surface area contributed by atoms with E-state index < -0.39 is 20.8 Å². The summed E-state index contributed by atoms with van der Waals surface area (Å²) in [5, 5.41) is 3.27. The molecule has 6 nitrogen and oxygen atoms in total. The van der Waals surface area contributed by atoms with Gasteiger partial charge in [0.1, 0.15) is 6.23 Å². The molecule has 1 heterocycles. The van der Waals surface area contributed by atoms with Crippen molar-refractivity contribution >= 4 is 7.82 Å². The minimum atomic E-state index is -4.48. The lowest BCUT2D eigenvalue weighted by atomic mass is 9.85. The second-order valence-electron chi connectivity index (χ2n) is 5.31. The van der Waals surface area contributed by atoms with Crippen LogP contribution in [0.25, 0.3) is 0 Å². The summed E-state index contributed by atoms with van der Waals surface area (Å²) < 4.78 is 20.2. The van der Waals surface area contributed by atoms with Gasteiger partial charge in [0.15, 0.2) is 6.79 Å². The van der Waals surface area contributed by atoms with Crippen molar-refractivity contribution in [1.82, 2.24) is 5.32 Å². The summed E-state index contributed by atoms with van der Waals surface area (Å²) in [6.45, 7) is 1.55. The number of allylic oxidation sites excluding steroid dienone is 3. The van der Waals surface area contributed by atoms with Gasteiger partial charge in [-0.2, -0.15) is 0 Å². The predicted molar refractivity (Wildman–Crippen MR) is 74.4 cm³/mol. The monoisotopic (exact) mass is 303 g/mol. The van der Waals surface area contributed by atoms with Gasteiger partial charge >= 0.3 is 7.82 Å². The Balaban J connectivity index is 1.87. The Morgan fingerprint density at radius 1 is 1.35 bits per heavy atom. The van der Waals surface area contributed by atoms with E-state index in [1.165, 1.54) is 32.1 Å².